The summed E-state index contributed by atoms with van der Waals surface area (Å²) in [5, 5.41) is 3.24. The van der Waals surface area contributed by atoms with E-state index >= 15 is 0 Å². The number of hydrogen-bond acceptors (Lipinski definition) is 5. The molecule has 2 amide bonds. The minimum absolute atomic E-state index is 0.0273. The van der Waals surface area contributed by atoms with Gasteiger partial charge in [-0.05, 0) is 79.4 Å². The molecule has 0 heterocycles. The van der Waals surface area contributed by atoms with E-state index in [-0.39, 0.29) is 29.8 Å². The summed E-state index contributed by atoms with van der Waals surface area (Å²) in [6.07, 6.45) is 5.26. The number of anilines is 1. The van der Waals surface area contributed by atoms with Crippen LogP contribution < -0.4 is 14.4 Å². The number of nitrogens with zero attached hydrogens (tertiary/aromatic N) is 2. The summed E-state index contributed by atoms with van der Waals surface area (Å²) in [6.45, 7) is 1.45. The zero-order valence-electron chi connectivity index (χ0n) is 27.3. The first kappa shape index (κ1) is 35.2. The Morgan fingerprint density at radius 2 is 1.54 bits per heavy atom. The van der Waals surface area contributed by atoms with Crippen molar-refractivity contribution in [1.82, 2.24) is 10.2 Å². The van der Waals surface area contributed by atoms with Crippen LogP contribution in [-0.2, 0) is 32.6 Å². The van der Waals surface area contributed by atoms with Crippen molar-refractivity contribution in [3.8, 4) is 5.75 Å². The molecule has 0 aromatic heterocycles. The highest BCUT2D eigenvalue weighted by Crippen LogP contribution is 2.27. The number of aryl methyl sites for hydroxylation is 1. The van der Waals surface area contributed by atoms with Gasteiger partial charge in [-0.2, -0.15) is 0 Å². The molecule has 252 valence electrons. The average molecular weight is 733 g/mol. The van der Waals surface area contributed by atoms with E-state index in [1.165, 1.54) is 4.90 Å². The number of methoxy groups -OCH3 is 1. The van der Waals surface area contributed by atoms with Crippen LogP contribution in [0.15, 0.2) is 112 Å². The van der Waals surface area contributed by atoms with Crippen LogP contribution in [0.5, 0.6) is 5.75 Å². The number of carbonyl (C=O) groups is 2. The van der Waals surface area contributed by atoms with Gasteiger partial charge < -0.3 is 15.0 Å². The van der Waals surface area contributed by atoms with Crippen molar-refractivity contribution in [2.45, 2.75) is 69.0 Å². The number of carbonyl (C=O) groups excluding carboxylic acids is 2. The van der Waals surface area contributed by atoms with Gasteiger partial charge in [0.2, 0.25) is 11.8 Å². The third-order valence-electron chi connectivity index (χ3n) is 8.71. The Balaban J connectivity index is 1.57. The van der Waals surface area contributed by atoms with Crippen molar-refractivity contribution in [2.75, 3.05) is 18.0 Å². The van der Waals surface area contributed by atoms with Gasteiger partial charge in [-0.25, -0.2) is 8.42 Å². The van der Waals surface area contributed by atoms with E-state index < -0.39 is 28.5 Å². The molecule has 0 bridgehead atoms. The SMILES string of the molecule is COc1cccc(CN(C(=O)CN(c2ccc(Br)cc2)S(=O)(=O)c2ccc(C)cc2)C(Cc2ccccc2)C(=O)NC2CCCCC2)c1. The number of ether oxygens (including phenoxy) is 1. The number of benzene rings is 4. The van der Waals surface area contributed by atoms with Crippen molar-refractivity contribution in [2.24, 2.45) is 0 Å². The Bertz CT molecular complexity index is 1780. The van der Waals surface area contributed by atoms with Gasteiger partial charge in [0.25, 0.3) is 10.0 Å². The second-order valence-electron chi connectivity index (χ2n) is 12.2. The normalized spacial score (nSPS) is 14.1. The molecule has 0 aliphatic heterocycles. The number of halogens is 1. The van der Waals surface area contributed by atoms with E-state index in [0.717, 1.165) is 57.6 Å². The molecular formula is C38H42BrN3O5S. The molecule has 1 N–H and O–H groups in total. The molecule has 0 spiro atoms. The molecule has 4 aromatic rings. The maximum absolute atomic E-state index is 14.7. The Morgan fingerprint density at radius 1 is 0.875 bits per heavy atom. The topological polar surface area (TPSA) is 96.0 Å². The number of rotatable bonds is 13. The van der Waals surface area contributed by atoms with Gasteiger partial charge in [-0.15, -0.1) is 0 Å². The lowest BCUT2D eigenvalue weighted by Gasteiger charge is -2.35. The van der Waals surface area contributed by atoms with E-state index in [1.54, 1.807) is 55.6 Å². The molecule has 1 saturated carbocycles. The smallest absolute Gasteiger partial charge is 0.264 e. The fraction of sp³-hybridized carbons (Fsp3) is 0.316. The molecule has 1 fully saturated rings. The molecule has 1 unspecified atom stereocenters. The van der Waals surface area contributed by atoms with Crippen LogP contribution >= 0.6 is 15.9 Å². The van der Waals surface area contributed by atoms with E-state index in [9.17, 15) is 18.0 Å². The second kappa shape index (κ2) is 16.3. The number of amides is 2. The maximum atomic E-state index is 14.7. The fourth-order valence-corrected chi connectivity index (χ4v) is 7.72. The van der Waals surface area contributed by atoms with Crippen LogP contribution in [0.4, 0.5) is 5.69 Å². The van der Waals surface area contributed by atoms with Crippen LogP contribution in [0.25, 0.3) is 0 Å². The number of nitrogens with one attached hydrogen (secondary N) is 1. The zero-order chi connectivity index (χ0) is 34.1. The Hall–Kier alpha value is -4.15. The summed E-state index contributed by atoms with van der Waals surface area (Å²) in [4.78, 5) is 30.6. The third-order valence-corrected chi connectivity index (χ3v) is 11.0. The van der Waals surface area contributed by atoms with Crippen molar-refractivity contribution in [3.05, 3.63) is 124 Å². The molecule has 4 aromatic carbocycles. The highest BCUT2D eigenvalue weighted by Gasteiger charge is 2.35. The van der Waals surface area contributed by atoms with Crippen LogP contribution in [0.2, 0.25) is 0 Å². The van der Waals surface area contributed by atoms with Crippen molar-refractivity contribution < 1.29 is 22.7 Å². The van der Waals surface area contributed by atoms with Gasteiger partial charge >= 0.3 is 0 Å². The molecule has 48 heavy (non-hydrogen) atoms. The first-order chi connectivity index (χ1) is 23.1. The van der Waals surface area contributed by atoms with Gasteiger partial charge in [0.1, 0.15) is 18.3 Å². The lowest BCUT2D eigenvalue weighted by molar-refractivity contribution is -0.140. The van der Waals surface area contributed by atoms with E-state index in [1.807, 2.05) is 61.5 Å². The van der Waals surface area contributed by atoms with Gasteiger partial charge in [-0.3, -0.25) is 13.9 Å². The second-order valence-corrected chi connectivity index (χ2v) is 15.0. The third kappa shape index (κ3) is 9.05. The van der Waals surface area contributed by atoms with Crippen molar-refractivity contribution in [3.63, 3.8) is 0 Å². The minimum atomic E-state index is -4.17. The molecule has 1 aliphatic rings. The first-order valence-corrected chi connectivity index (χ1v) is 18.5. The van der Waals surface area contributed by atoms with E-state index in [4.69, 9.17) is 4.74 Å². The molecule has 10 heteroatoms. The lowest BCUT2D eigenvalue weighted by Crippen LogP contribution is -2.55. The quantitative estimate of drug-likeness (QED) is 0.159. The maximum Gasteiger partial charge on any atom is 0.264 e. The van der Waals surface area contributed by atoms with Gasteiger partial charge in [0, 0.05) is 23.5 Å². The summed E-state index contributed by atoms with van der Waals surface area (Å²) < 4.78 is 35.8. The van der Waals surface area contributed by atoms with Gasteiger partial charge in [-0.1, -0.05) is 95.4 Å². The molecule has 8 nitrogen and oxygen atoms in total. The standard InChI is InChI=1S/C38H42BrN3O5S/c1-28-16-22-35(23-17-28)48(45,46)42(33-20-18-31(39)19-21-33)27-37(43)41(26-30-12-9-15-34(24-30)47-2)36(25-29-10-5-3-6-11-29)38(44)40-32-13-7-4-8-14-32/h3,5-6,9-12,15-24,32,36H,4,7-8,13-14,25-27H2,1-2H3,(H,40,44). The highest BCUT2D eigenvalue weighted by atomic mass is 79.9. The summed E-state index contributed by atoms with van der Waals surface area (Å²) in [5.41, 5.74) is 2.89. The average Bonchev–Trinajstić information content (AvgIpc) is 3.10. The minimum Gasteiger partial charge on any atom is -0.497 e. The molecule has 1 atom stereocenters. The molecular weight excluding hydrogens is 690 g/mol. The van der Waals surface area contributed by atoms with Crippen LogP contribution in [0.3, 0.4) is 0 Å². The summed E-state index contributed by atoms with van der Waals surface area (Å²) in [5.74, 6) is -0.140. The van der Waals surface area contributed by atoms with Gasteiger partial charge in [0.15, 0.2) is 0 Å². The Morgan fingerprint density at radius 3 is 2.21 bits per heavy atom. The molecule has 5 rings (SSSR count). The molecule has 0 radical (unpaired) electrons. The number of sulfonamides is 1. The summed E-state index contributed by atoms with van der Waals surface area (Å²) in [6, 6.07) is 29.4. The van der Waals surface area contributed by atoms with E-state index in [0.29, 0.717) is 11.4 Å². The van der Waals surface area contributed by atoms with Crippen LogP contribution in [0, 0.1) is 6.92 Å². The predicted octanol–water partition coefficient (Wildman–Crippen LogP) is 7.05. The largest absolute Gasteiger partial charge is 0.497 e. The summed E-state index contributed by atoms with van der Waals surface area (Å²) in [7, 11) is -2.60. The van der Waals surface area contributed by atoms with E-state index in [2.05, 4.69) is 21.2 Å². The molecule has 1 aliphatic carbocycles. The van der Waals surface area contributed by atoms with Crippen molar-refractivity contribution >= 4 is 43.5 Å². The van der Waals surface area contributed by atoms with Gasteiger partial charge in [0.05, 0.1) is 17.7 Å². The van der Waals surface area contributed by atoms with Crippen LogP contribution in [-0.4, -0.2) is 50.9 Å². The Kier molecular flexibility index (Phi) is 11.9. The fourth-order valence-electron chi connectivity index (χ4n) is 6.04. The monoisotopic (exact) mass is 731 g/mol. The highest BCUT2D eigenvalue weighted by molar-refractivity contribution is 9.10. The van der Waals surface area contributed by atoms with Crippen molar-refractivity contribution in [1.29, 1.82) is 0 Å². The summed E-state index contributed by atoms with van der Waals surface area (Å²) >= 11 is 3.43. The lowest BCUT2D eigenvalue weighted by atomic mass is 9.94. The number of hydrogen-bond donors (Lipinski definition) is 1. The first-order valence-electron chi connectivity index (χ1n) is 16.3. The predicted molar refractivity (Wildman–Crippen MR) is 192 cm³/mol. The zero-order valence-corrected chi connectivity index (χ0v) is 29.8. The van der Waals surface area contributed by atoms with Crippen LogP contribution in [0.1, 0.15) is 48.8 Å². The Labute approximate surface area is 292 Å². The molecule has 0 saturated heterocycles.